The molecule has 1 aliphatic heterocycles. The Labute approximate surface area is 77.8 Å². The number of amides is 1. The molecule has 0 aromatic rings. The number of carbonyl (C=O) groups excluding carboxylic acids is 2. The van der Waals surface area contributed by atoms with E-state index in [1.807, 2.05) is 6.92 Å². The number of hydrogen-bond acceptors (Lipinski definition) is 3. The van der Waals surface area contributed by atoms with Crippen molar-refractivity contribution in [3.05, 3.63) is 0 Å². The quantitative estimate of drug-likeness (QED) is 0.616. The summed E-state index contributed by atoms with van der Waals surface area (Å²) < 4.78 is 4.63. The Morgan fingerprint density at radius 3 is 2.92 bits per heavy atom. The number of ether oxygens (including phenoxy) is 1. The van der Waals surface area contributed by atoms with Crippen molar-refractivity contribution in [2.45, 2.75) is 32.2 Å². The fourth-order valence-corrected chi connectivity index (χ4v) is 1.63. The molecular weight excluding hydrogens is 170 g/mol. The number of nitrogens with zero attached hydrogens (tertiary/aromatic N) is 1. The topological polar surface area (TPSA) is 46.6 Å². The van der Waals surface area contributed by atoms with Gasteiger partial charge in [-0.25, -0.2) is 4.79 Å². The molecule has 0 aliphatic carbocycles. The molecule has 4 nitrogen and oxygen atoms in total. The molecule has 13 heavy (non-hydrogen) atoms. The summed E-state index contributed by atoms with van der Waals surface area (Å²) in [6.07, 6.45) is 1.43. The van der Waals surface area contributed by atoms with Crippen molar-refractivity contribution in [2.75, 3.05) is 13.7 Å². The van der Waals surface area contributed by atoms with Gasteiger partial charge in [-0.2, -0.15) is 0 Å². The summed E-state index contributed by atoms with van der Waals surface area (Å²) in [7, 11) is 1.37. The van der Waals surface area contributed by atoms with Gasteiger partial charge in [0.25, 0.3) is 0 Å². The molecule has 0 N–H and O–H groups in total. The monoisotopic (exact) mass is 185 g/mol. The van der Waals surface area contributed by atoms with Crippen molar-refractivity contribution in [1.82, 2.24) is 4.90 Å². The molecule has 74 valence electrons. The Hall–Kier alpha value is -1.06. The zero-order chi connectivity index (χ0) is 9.84. The first-order valence-corrected chi connectivity index (χ1v) is 4.55. The van der Waals surface area contributed by atoms with Gasteiger partial charge in [0.2, 0.25) is 0 Å². The second kappa shape index (κ2) is 4.25. The van der Waals surface area contributed by atoms with Gasteiger partial charge in [0.1, 0.15) is 5.78 Å². The van der Waals surface area contributed by atoms with Crippen LogP contribution in [0.1, 0.15) is 26.2 Å². The largest absolute Gasteiger partial charge is 0.453 e. The van der Waals surface area contributed by atoms with E-state index >= 15 is 0 Å². The Kier molecular flexibility index (Phi) is 3.28. The van der Waals surface area contributed by atoms with Crippen LogP contribution in [-0.2, 0) is 9.53 Å². The van der Waals surface area contributed by atoms with Gasteiger partial charge in [-0.15, -0.1) is 0 Å². The summed E-state index contributed by atoms with van der Waals surface area (Å²) in [6.45, 7) is 2.48. The lowest BCUT2D eigenvalue weighted by molar-refractivity contribution is -0.122. The maximum atomic E-state index is 11.2. The number of piperidine rings is 1. The van der Waals surface area contributed by atoms with E-state index in [9.17, 15) is 9.59 Å². The smallest absolute Gasteiger partial charge is 0.409 e. The molecule has 1 rings (SSSR count). The van der Waals surface area contributed by atoms with E-state index in [0.29, 0.717) is 19.4 Å². The molecule has 1 unspecified atom stereocenters. The summed E-state index contributed by atoms with van der Waals surface area (Å²) in [5.74, 6) is 0.243. The third kappa shape index (κ3) is 2.20. The summed E-state index contributed by atoms with van der Waals surface area (Å²) in [5.41, 5.74) is 0. The number of carbonyl (C=O) groups is 2. The van der Waals surface area contributed by atoms with Crippen molar-refractivity contribution < 1.29 is 14.3 Å². The minimum Gasteiger partial charge on any atom is -0.453 e. The predicted octanol–water partition coefficient (Wildman–Crippen LogP) is 1.20. The lowest BCUT2D eigenvalue weighted by atomic mass is 9.99. The summed E-state index contributed by atoms with van der Waals surface area (Å²) in [4.78, 5) is 24.0. The highest BCUT2D eigenvalue weighted by atomic mass is 16.5. The van der Waals surface area contributed by atoms with Crippen molar-refractivity contribution in [3.63, 3.8) is 0 Å². The van der Waals surface area contributed by atoms with Gasteiger partial charge < -0.3 is 9.64 Å². The first kappa shape index (κ1) is 10.0. The second-order valence-corrected chi connectivity index (χ2v) is 3.22. The number of rotatable bonds is 1. The Morgan fingerprint density at radius 1 is 1.69 bits per heavy atom. The number of Topliss-reactive ketones (excluding diaryl/α,β-unsaturated/α-hetero) is 1. The van der Waals surface area contributed by atoms with Gasteiger partial charge in [0.15, 0.2) is 0 Å². The van der Waals surface area contributed by atoms with E-state index in [-0.39, 0.29) is 17.9 Å². The molecule has 0 aromatic carbocycles. The van der Waals surface area contributed by atoms with Gasteiger partial charge in [-0.3, -0.25) is 4.79 Å². The van der Waals surface area contributed by atoms with Gasteiger partial charge in [-0.1, -0.05) is 6.92 Å². The molecule has 1 fully saturated rings. The third-order valence-corrected chi connectivity index (χ3v) is 2.42. The van der Waals surface area contributed by atoms with E-state index in [4.69, 9.17) is 0 Å². The van der Waals surface area contributed by atoms with E-state index < -0.39 is 0 Å². The van der Waals surface area contributed by atoms with Gasteiger partial charge in [0.05, 0.1) is 7.11 Å². The van der Waals surface area contributed by atoms with E-state index in [1.165, 1.54) is 7.11 Å². The summed E-state index contributed by atoms with van der Waals surface area (Å²) in [6, 6.07) is 0.0358. The summed E-state index contributed by atoms with van der Waals surface area (Å²) in [5, 5.41) is 0. The van der Waals surface area contributed by atoms with Crippen LogP contribution in [0.25, 0.3) is 0 Å². The fourth-order valence-electron chi connectivity index (χ4n) is 1.63. The first-order chi connectivity index (χ1) is 6.19. The van der Waals surface area contributed by atoms with E-state index in [2.05, 4.69) is 4.74 Å². The molecule has 0 bridgehead atoms. The third-order valence-electron chi connectivity index (χ3n) is 2.42. The molecule has 1 heterocycles. The zero-order valence-corrected chi connectivity index (χ0v) is 8.08. The van der Waals surface area contributed by atoms with Crippen LogP contribution in [0.15, 0.2) is 0 Å². The zero-order valence-electron chi connectivity index (χ0n) is 8.08. The minimum atomic E-state index is -0.320. The molecule has 1 saturated heterocycles. The molecule has 0 spiro atoms. The Bertz CT molecular complexity index is 215. The molecule has 1 aliphatic rings. The molecule has 0 aromatic heterocycles. The van der Waals surface area contributed by atoms with Crippen LogP contribution >= 0.6 is 0 Å². The second-order valence-electron chi connectivity index (χ2n) is 3.22. The van der Waals surface area contributed by atoms with Gasteiger partial charge >= 0.3 is 6.09 Å². The SMILES string of the molecule is CCC1CC(=O)CCN1C(=O)OC. The molecular formula is C9H15NO3. The average Bonchev–Trinajstić information content (AvgIpc) is 2.16. The lowest BCUT2D eigenvalue weighted by Crippen LogP contribution is -2.45. The maximum absolute atomic E-state index is 11.2. The first-order valence-electron chi connectivity index (χ1n) is 4.55. The molecule has 0 saturated carbocycles. The summed E-state index contributed by atoms with van der Waals surface area (Å²) >= 11 is 0. The van der Waals surface area contributed by atoms with Crippen molar-refractivity contribution in [1.29, 1.82) is 0 Å². The highest BCUT2D eigenvalue weighted by molar-refractivity contribution is 5.82. The standard InChI is InChI=1S/C9H15NO3/c1-3-7-6-8(11)4-5-10(7)9(12)13-2/h7H,3-6H2,1-2H3. The van der Waals surface area contributed by atoms with E-state index in [0.717, 1.165) is 6.42 Å². The van der Waals surface area contributed by atoms with Crippen LogP contribution in [0.2, 0.25) is 0 Å². The van der Waals surface area contributed by atoms with Crippen LogP contribution in [0.4, 0.5) is 4.79 Å². The predicted molar refractivity (Wildman–Crippen MR) is 47.4 cm³/mol. The fraction of sp³-hybridized carbons (Fsp3) is 0.778. The van der Waals surface area contributed by atoms with Gasteiger partial charge in [0, 0.05) is 25.4 Å². The molecule has 0 radical (unpaired) electrons. The van der Waals surface area contributed by atoms with Crippen LogP contribution in [0.3, 0.4) is 0 Å². The van der Waals surface area contributed by atoms with Gasteiger partial charge in [-0.05, 0) is 6.42 Å². The van der Waals surface area contributed by atoms with Crippen molar-refractivity contribution >= 4 is 11.9 Å². The minimum absolute atomic E-state index is 0.0358. The highest BCUT2D eigenvalue weighted by Crippen LogP contribution is 2.17. The Balaban J connectivity index is 2.62. The number of ketones is 1. The Morgan fingerprint density at radius 2 is 2.38 bits per heavy atom. The molecule has 4 heteroatoms. The lowest BCUT2D eigenvalue weighted by Gasteiger charge is -2.33. The number of likely N-dealkylation sites (tertiary alicyclic amines) is 1. The molecule has 1 atom stereocenters. The van der Waals surface area contributed by atoms with Crippen LogP contribution < -0.4 is 0 Å². The highest BCUT2D eigenvalue weighted by Gasteiger charge is 2.29. The van der Waals surface area contributed by atoms with Crippen LogP contribution in [0, 0.1) is 0 Å². The normalized spacial score (nSPS) is 23.1. The average molecular weight is 185 g/mol. The number of methoxy groups -OCH3 is 1. The maximum Gasteiger partial charge on any atom is 0.409 e. The van der Waals surface area contributed by atoms with Crippen LogP contribution in [0.5, 0.6) is 0 Å². The number of hydrogen-bond donors (Lipinski definition) is 0. The molecule has 1 amide bonds. The van der Waals surface area contributed by atoms with E-state index in [1.54, 1.807) is 4.90 Å². The van der Waals surface area contributed by atoms with Crippen molar-refractivity contribution in [2.24, 2.45) is 0 Å². The van der Waals surface area contributed by atoms with Crippen LogP contribution in [-0.4, -0.2) is 36.5 Å². The van der Waals surface area contributed by atoms with Crippen molar-refractivity contribution in [3.8, 4) is 0 Å².